The molecule has 0 radical (unpaired) electrons. The SMILES string of the molecule is Nc1ccc2c(c1)Oc1c(ccc3cccc(O)c13)C21OC(=O)c2ccccc21. The van der Waals surface area contributed by atoms with Gasteiger partial charge in [-0.2, -0.15) is 0 Å². The molecule has 2 aliphatic rings. The van der Waals surface area contributed by atoms with E-state index >= 15 is 0 Å². The van der Waals surface area contributed by atoms with Crippen LogP contribution in [0.5, 0.6) is 17.2 Å². The van der Waals surface area contributed by atoms with E-state index in [0.717, 1.165) is 10.9 Å². The highest BCUT2D eigenvalue weighted by molar-refractivity contribution is 6.00. The molecule has 3 N–H and O–H groups in total. The van der Waals surface area contributed by atoms with Crippen molar-refractivity contribution in [3.8, 4) is 17.2 Å². The summed E-state index contributed by atoms with van der Waals surface area (Å²) >= 11 is 0. The molecular formula is C24H15NO4. The molecule has 5 heteroatoms. The maximum absolute atomic E-state index is 12.8. The molecule has 0 aliphatic carbocycles. The number of anilines is 1. The predicted molar refractivity (Wildman–Crippen MR) is 108 cm³/mol. The first-order chi connectivity index (χ1) is 14.1. The molecule has 6 rings (SSSR count). The van der Waals surface area contributed by atoms with Crippen molar-refractivity contribution in [2.75, 3.05) is 5.73 Å². The molecule has 0 amide bonds. The van der Waals surface area contributed by atoms with Crippen LogP contribution in [0.25, 0.3) is 10.8 Å². The quantitative estimate of drug-likeness (QED) is 0.341. The molecule has 0 bridgehead atoms. The Morgan fingerprint density at radius 2 is 1.69 bits per heavy atom. The first kappa shape index (κ1) is 16.0. The predicted octanol–water partition coefficient (Wildman–Crippen LogP) is 4.70. The van der Waals surface area contributed by atoms with Gasteiger partial charge >= 0.3 is 5.97 Å². The highest BCUT2D eigenvalue weighted by Gasteiger charge is 2.53. The number of carbonyl (C=O) groups excluding carboxylic acids is 1. The summed E-state index contributed by atoms with van der Waals surface area (Å²) in [5.74, 6) is 0.661. The van der Waals surface area contributed by atoms with Crippen LogP contribution in [-0.2, 0) is 10.3 Å². The number of nitrogen functional groups attached to an aromatic ring is 1. The van der Waals surface area contributed by atoms with Gasteiger partial charge in [-0.25, -0.2) is 4.79 Å². The Labute approximate surface area is 165 Å². The van der Waals surface area contributed by atoms with Crippen LogP contribution in [0, 0.1) is 0 Å². The van der Waals surface area contributed by atoms with E-state index in [2.05, 4.69) is 0 Å². The van der Waals surface area contributed by atoms with Gasteiger partial charge in [-0.05, 0) is 35.7 Å². The van der Waals surface area contributed by atoms with Gasteiger partial charge in [-0.3, -0.25) is 0 Å². The van der Waals surface area contributed by atoms with Crippen LogP contribution >= 0.6 is 0 Å². The highest BCUT2D eigenvalue weighted by Crippen LogP contribution is 2.58. The third-order valence-electron chi connectivity index (χ3n) is 5.72. The Kier molecular flexibility index (Phi) is 2.92. The van der Waals surface area contributed by atoms with E-state index in [1.807, 2.05) is 42.5 Å². The van der Waals surface area contributed by atoms with Gasteiger partial charge in [0.2, 0.25) is 0 Å². The first-order valence-electron chi connectivity index (χ1n) is 9.25. The molecule has 0 aromatic heterocycles. The number of phenolic OH excluding ortho intramolecular Hbond substituents is 1. The second-order valence-corrected chi connectivity index (χ2v) is 7.29. The third kappa shape index (κ3) is 1.91. The molecule has 29 heavy (non-hydrogen) atoms. The van der Waals surface area contributed by atoms with E-state index in [1.165, 1.54) is 0 Å². The van der Waals surface area contributed by atoms with E-state index in [4.69, 9.17) is 15.2 Å². The minimum absolute atomic E-state index is 0.0967. The maximum atomic E-state index is 12.8. The smallest absolute Gasteiger partial charge is 0.340 e. The van der Waals surface area contributed by atoms with Gasteiger partial charge in [0.15, 0.2) is 5.60 Å². The zero-order valence-electron chi connectivity index (χ0n) is 15.2. The second kappa shape index (κ2) is 5.29. The monoisotopic (exact) mass is 381 g/mol. The average Bonchev–Trinajstić information content (AvgIpc) is 3.01. The Bertz CT molecular complexity index is 1360. The minimum atomic E-state index is -1.17. The fraction of sp³-hybridized carbons (Fsp3) is 0.0417. The summed E-state index contributed by atoms with van der Waals surface area (Å²) in [5.41, 5.74) is 8.01. The summed E-state index contributed by atoms with van der Waals surface area (Å²) < 4.78 is 12.4. The Balaban J connectivity index is 1.80. The Hall–Kier alpha value is -3.99. The van der Waals surface area contributed by atoms with Gasteiger partial charge in [-0.1, -0.05) is 36.4 Å². The number of phenols is 1. The number of benzene rings is 4. The zero-order valence-corrected chi connectivity index (χ0v) is 15.2. The van der Waals surface area contributed by atoms with Crippen LogP contribution in [0.4, 0.5) is 5.69 Å². The van der Waals surface area contributed by atoms with Crippen molar-refractivity contribution in [1.29, 1.82) is 0 Å². The van der Waals surface area contributed by atoms with Crippen LogP contribution in [-0.4, -0.2) is 11.1 Å². The molecule has 2 aliphatic heterocycles. The molecule has 140 valence electrons. The van der Waals surface area contributed by atoms with Crippen LogP contribution in [0.15, 0.2) is 72.8 Å². The highest BCUT2D eigenvalue weighted by atomic mass is 16.6. The number of carbonyl (C=O) groups is 1. The molecule has 4 aromatic rings. The molecule has 1 unspecified atom stereocenters. The normalized spacial score (nSPS) is 18.7. The number of rotatable bonds is 0. The topological polar surface area (TPSA) is 81.8 Å². The van der Waals surface area contributed by atoms with Crippen molar-refractivity contribution >= 4 is 22.4 Å². The lowest BCUT2D eigenvalue weighted by atomic mass is 9.77. The van der Waals surface area contributed by atoms with E-state index in [1.54, 1.807) is 30.3 Å². The number of esters is 1. The van der Waals surface area contributed by atoms with Gasteiger partial charge in [0.05, 0.1) is 10.9 Å². The molecule has 4 aromatic carbocycles. The summed E-state index contributed by atoms with van der Waals surface area (Å²) in [6.07, 6.45) is 0. The third-order valence-corrected chi connectivity index (χ3v) is 5.72. The summed E-state index contributed by atoms with van der Waals surface area (Å²) in [4.78, 5) is 12.8. The van der Waals surface area contributed by atoms with Crippen molar-refractivity contribution in [1.82, 2.24) is 0 Å². The number of fused-ring (bicyclic) bond motifs is 8. The van der Waals surface area contributed by atoms with E-state index < -0.39 is 11.6 Å². The van der Waals surface area contributed by atoms with Crippen molar-refractivity contribution < 1.29 is 19.4 Å². The number of ether oxygens (including phenoxy) is 2. The van der Waals surface area contributed by atoms with Gasteiger partial charge < -0.3 is 20.3 Å². The zero-order chi connectivity index (χ0) is 19.8. The Morgan fingerprint density at radius 1 is 0.862 bits per heavy atom. The van der Waals surface area contributed by atoms with Crippen LogP contribution in [0.3, 0.4) is 0 Å². The molecule has 0 saturated carbocycles. The second-order valence-electron chi connectivity index (χ2n) is 7.29. The number of nitrogens with two attached hydrogens (primary N) is 1. The molecular weight excluding hydrogens is 366 g/mol. The molecule has 1 spiro atoms. The molecule has 5 nitrogen and oxygen atoms in total. The number of hydrogen-bond donors (Lipinski definition) is 2. The molecule has 0 fully saturated rings. The summed E-state index contributed by atoms with van der Waals surface area (Å²) in [6, 6.07) is 21.7. The van der Waals surface area contributed by atoms with E-state index in [-0.39, 0.29) is 5.75 Å². The van der Waals surface area contributed by atoms with Gasteiger partial charge in [0.25, 0.3) is 0 Å². The fourth-order valence-corrected chi connectivity index (χ4v) is 4.50. The van der Waals surface area contributed by atoms with Crippen LogP contribution in [0.1, 0.15) is 27.0 Å². The average molecular weight is 381 g/mol. The lowest BCUT2D eigenvalue weighted by Gasteiger charge is -2.37. The Morgan fingerprint density at radius 3 is 2.59 bits per heavy atom. The largest absolute Gasteiger partial charge is 0.507 e. The minimum Gasteiger partial charge on any atom is -0.507 e. The lowest BCUT2D eigenvalue weighted by molar-refractivity contribution is 0.0225. The van der Waals surface area contributed by atoms with Gasteiger partial charge in [0.1, 0.15) is 17.2 Å². The maximum Gasteiger partial charge on any atom is 0.340 e. The standard InChI is InChI=1S/C24H15NO4/c25-14-9-11-17-20(12-14)28-22-18(10-8-13-4-3-7-19(26)21(13)22)24(17)16-6-2-1-5-15(16)23(27)29-24/h1-12,26H,25H2. The molecule has 1 atom stereocenters. The summed E-state index contributed by atoms with van der Waals surface area (Å²) in [5, 5.41) is 12.0. The molecule has 2 heterocycles. The number of aromatic hydroxyl groups is 1. The summed E-state index contributed by atoms with van der Waals surface area (Å²) in [6.45, 7) is 0. The number of hydrogen-bond acceptors (Lipinski definition) is 5. The lowest BCUT2D eigenvalue weighted by Crippen LogP contribution is -2.33. The van der Waals surface area contributed by atoms with Crippen LogP contribution < -0.4 is 10.5 Å². The van der Waals surface area contributed by atoms with Crippen molar-refractivity contribution in [2.45, 2.75) is 5.60 Å². The first-order valence-corrected chi connectivity index (χ1v) is 9.25. The van der Waals surface area contributed by atoms with Crippen molar-refractivity contribution in [2.24, 2.45) is 0 Å². The van der Waals surface area contributed by atoms with E-state index in [0.29, 0.717) is 39.3 Å². The van der Waals surface area contributed by atoms with E-state index in [9.17, 15) is 9.90 Å². The van der Waals surface area contributed by atoms with Crippen LogP contribution in [0.2, 0.25) is 0 Å². The van der Waals surface area contributed by atoms with Gasteiger partial charge in [0, 0.05) is 28.4 Å². The van der Waals surface area contributed by atoms with Gasteiger partial charge in [-0.15, -0.1) is 0 Å². The van der Waals surface area contributed by atoms with Crippen molar-refractivity contribution in [3.05, 3.63) is 95.1 Å². The summed E-state index contributed by atoms with van der Waals surface area (Å²) in [7, 11) is 0. The molecule has 0 saturated heterocycles. The van der Waals surface area contributed by atoms with Crippen molar-refractivity contribution in [3.63, 3.8) is 0 Å². The fourth-order valence-electron chi connectivity index (χ4n) is 4.50.